The molecule has 1 aromatic carbocycles. The Morgan fingerprint density at radius 3 is 2.89 bits per heavy atom. The monoisotopic (exact) mass is 247 g/mol. The highest BCUT2D eigenvalue weighted by molar-refractivity contribution is 5.77. The van der Waals surface area contributed by atoms with Crippen molar-refractivity contribution in [3.63, 3.8) is 0 Å². The van der Waals surface area contributed by atoms with Gasteiger partial charge in [-0.05, 0) is 18.1 Å². The van der Waals surface area contributed by atoms with Crippen LogP contribution in [0.5, 0.6) is 0 Å². The molecule has 96 valence electrons. The summed E-state index contributed by atoms with van der Waals surface area (Å²) in [5.74, 6) is 1.06. The van der Waals surface area contributed by atoms with Crippen LogP contribution >= 0.6 is 0 Å². The van der Waals surface area contributed by atoms with Gasteiger partial charge in [0, 0.05) is 5.39 Å². The molecule has 0 saturated heterocycles. The second kappa shape index (κ2) is 5.58. The van der Waals surface area contributed by atoms with Gasteiger partial charge in [0.1, 0.15) is 11.3 Å². The van der Waals surface area contributed by atoms with Crippen molar-refractivity contribution < 1.29 is 13.9 Å². The molecule has 18 heavy (non-hydrogen) atoms. The Labute approximate surface area is 106 Å². The van der Waals surface area contributed by atoms with Gasteiger partial charge in [0.15, 0.2) is 0 Å². The molecule has 0 aliphatic carbocycles. The number of nitrogens with one attached hydrogen (secondary N) is 1. The van der Waals surface area contributed by atoms with Crippen LogP contribution in [0.3, 0.4) is 0 Å². The number of furan rings is 1. The van der Waals surface area contributed by atoms with Crippen LogP contribution in [-0.2, 0) is 11.3 Å². The Bertz CT molecular complexity index is 498. The third kappa shape index (κ3) is 3.26. The van der Waals surface area contributed by atoms with Crippen LogP contribution in [0.25, 0.3) is 11.0 Å². The van der Waals surface area contributed by atoms with Gasteiger partial charge < -0.3 is 14.5 Å². The fraction of sp³-hybridized carbons (Fsp3) is 0.357. The predicted octanol–water partition coefficient (Wildman–Crippen LogP) is 3.32. The number of carbonyl (C=O) groups is 1. The zero-order chi connectivity index (χ0) is 13.0. The maximum absolute atomic E-state index is 11.4. The van der Waals surface area contributed by atoms with E-state index in [-0.39, 0.29) is 0 Å². The Morgan fingerprint density at radius 1 is 1.39 bits per heavy atom. The molecule has 4 heteroatoms. The first kappa shape index (κ1) is 12.5. The SMILES string of the molecule is CC(C)COC(=O)NCc1cc2ccccc2o1. The first-order chi connectivity index (χ1) is 8.65. The van der Waals surface area contributed by atoms with Gasteiger partial charge in [-0.2, -0.15) is 0 Å². The van der Waals surface area contributed by atoms with Gasteiger partial charge >= 0.3 is 6.09 Å². The minimum Gasteiger partial charge on any atom is -0.459 e. The summed E-state index contributed by atoms with van der Waals surface area (Å²) in [4.78, 5) is 11.4. The fourth-order valence-electron chi connectivity index (χ4n) is 1.58. The molecule has 0 saturated carbocycles. The number of hydrogen-bond acceptors (Lipinski definition) is 3. The molecule has 0 aliphatic heterocycles. The molecule has 1 N–H and O–H groups in total. The lowest BCUT2D eigenvalue weighted by molar-refractivity contribution is 0.132. The van der Waals surface area contributed by atoms with Crippen molar-refractivity contribution in [2.24, 2.45) is 5.92 Å². The van der Waals surface area contributed by atoms with Crippen LogP contribution in [-0.4, -0.2) is 12.7 Å². The van der Waals surface area contributed by atoms with Crippen LogP contribution in [0.2, 0.25) is 0 Å². The first-order valence-corrected chi connectivity index (χ1v) is 6.03. The average molecular weight is 247 g/mol. The molecule has 0 spiro atoms. The van der Waals surface area contributed by atoms with Crippen LogP contribution in [0, 0.1) is 5.92 Å². The zero-order valence-corrected chi connectivity index (χ0v) is 10.6. The molecule has 0 radical (unpaired) electrons. The lowest BCUT2D eigenvalue weighted by atomic mass is 10.2. The maximum Gasteiger partial charge on any atom is 0.407 e. The van der Waals surface area contributed by atoms with Gasteiger partial charge in [-0.1, -0.05) is 32.0 Å². The number of hydrogen-bond donors (Lipinski definition) is 1. The van der Waals surface area contributed by atoms with E-state index < -0.39 is 6.09 Å². The van der Waals surface area contributed by atoms with E-state index in [1.807, 2.05) is 44.2 Å². The van der Waals surface area contributed by atoms with Crippen molar-refractivity contribution in [2.45, 2.75) is 20.4 Å². The molecule has 0 atom stereocenters. The number of alkyl carbamates (subject to hydrolysis) is 1. The van der Waals surface area contributed by atoms with Crippen LogP contribution in [0.1, 0.15) is 19.6 Å². The van der Waals surface area contributed by atoms with Crippen LogP contribution < -0.4 is 5.32 Å². The molecule has 0 fully saturated rings. The van der Waals surface area contributed by atoms with Crippen molar-refractivity contribution in [1.29, 1.82) is 0 Å². The van der Waals surface area contributed by atoms with Crippen molar-refractivity contribution in [1.82, 2.24) is 5.32 Å². The van der Waals surface area contributed by atoms with E-state index >= 15 is 0 Å². The summed E-state index contributed by atoms with van der Waals surface area (Å²) in [5.41, 5.74) is 0.824. The van der Waals surface area contributed by atoms with Gasteiger partial charge in [-0.25, -0.2) is 4.79 Å². The minimum atomic E-state index is -0.413. The number of ether oxygens (including phenoxy) is 1. The highest BCUT2D eigenvalue weighted by Gasteiger charge is 2.06. The van der Waals surface area contributed by atoms with Crippen molar-refractivity contribution in [3.8, 4) is 0 Å². The molecule has 0 bridgehead atoms. The highest BCUT2D eigenvalue weighted by Crippen LogP contribution is 2.18. The quantitative estimate of drug-likeness (QED) is 0.901. The molecule has 0 unspecified atom stereocenters. The number of fused-ring (bicyclic) bond motifs is 1. The van der Waals surface area contributed by atoms with Crippen LogP contribution in [0.15, 0.2) is 34.7 Å². The number of carbonyl (C=O) groups excluding carboxylic acids is 1. The Balaban J connectivity index is 1.88. The smallest absolute Gasteiger partial charge is 0.407 e. The van der Waals surface area contributed by atoms with E-state index in [1.54, 1.807) is 0 Å². The normalized spacial score (nSPS) is 10.8. The Morgan fingerprint density at radius 2 is 2.17 bits per heavy atom. The molecule has 1 heterocycles. The minimum absolute atomic E-state index is 0.335. The van der Waals surface area contributed by atoms with Gasteiger partial charge in [0.25, 0.3) is 0 Å². The molecule has 1 amide bonds. The van der Waals surface area contributed by atoms with E-state index in [9.17, 15) is 4.79 Å². The van der Waals surface area contributed by atoms with Crippen molar-refractivity contribution in [3.05, 3.63) is 36.1 Å². The summed E-state index contributed by atoms with van der Waals surface area (Å²) < 4.78 is 10.6. The van der Waals surface area contributed by atoms with Crippen LogP contribution in [0.4, 0.5) is 4.79 Å². The average Bonchev–Trinajstić information content (AvgIpc) is 2.76. The Hall–Kier alpha value is -1.97. The molecule has 0 aliphatic rings. The number of amides is 1. The van der Waals surface area contributed by atoms with E-state index in [0.717, 1.165) is 16.7 Å². The van der Waals surface area contributed by atoms with Gasteiger partial charge in [-0.15, -0.1) is 0 Å². The fourth-order valence-corrected chi connectivity index (χ4v) is 1.58. The highest BCUT2D eigenvalue weighted by atomic mass is 16.5. The summed E-state index contributed by atoms with van der Waals surface area (Å²) >= 11 is 0. The van der Waals surface area contributed by atoms with E-state index in [0.29, 0.717) is 19.1 Å². The Kier molecular flexibility index (Phi) is 3.87. The van der Waals surface area contributed by atoms with Crippen molar-refractivity contribution >= 4 is 17.1 Å². The number of rotatable bonds is 4. The van der Waals surface area contributed by atoms with Gasteiger partial charge in [0.2, 0.25) is 0 Å². The molecule has 2 rings (SSSR count). The zero-order valence-electron chi connectivity index (χ0n) is 10.6. The van der Waals surface area contributed by atoms with E-state index in [4.69, 9.17) is 9.15 Å². The summed E-state index contributed by atoms with van der Waals surface area (Å²) in [6.07, 6.45) is -0.413. The largest absolute Gasteiger partial charge is 0.459 e. The lowest BCUT2D eigenvalue weighted by Gasteiger charge is -2.07. The summed E-state index contributed by atoms with van der Waals surface area (Å²) in [7, 11) is 0. The van der Waals surface area contributed by atoms with E-state index in [1.165, 1.54) is 0 Å². The summed E-state index contributed by atoms with van der Waals surface area (Å²) in [6, 6.07) is 9.65. The number of para-hydroxylation sites is 1. The lowest BCUT2D eigenvalue weighted by Crippen LogP contribution is -2.24. The topological polar surface area (TPSA) is 51.5 Å². The second-order valence-electron chi connectivity index (χ2n) is 4.60. The molecule has 1 aromatic heterocycles. The third-order valence-corrected chi connectivity index (χ3v) is 2.43. The van der Waals surface area contributed by atoms with E-state index in [2.05, 4.69) is 5.32 Å². The summed E-state index contributed by atoms with van der Waals surface area (Å²) in [6.45, 7) is 4.75. The second-order valence-corrected chi connectivity index (χ2v) is 4.60. The molecular weight excluding hydrogens is 230 g/mol. The van der Waals surface area contributed by atoms with Gasteiger partial charge in [0.05, 0.1) is 13.2 Å². The standard InChI is InChI=1S/C14H17NO3/c1-10(2)9-17-14(16)15-8-12-7-11-5-3-4-6-13(11)18-12/h3-7,10H,8-9H2,1-2H3,(H,15,16). The first-order valence-electron chi connectivity index (χ1n) is 6.03. The molecule has 4 nitrogen and oxygen atoms in total. The third-order valence-electron chi connectivity index (χ3n) is 2.43. The molecule has 2 aromatic rings. The van der Waals surface area contributed by atoms with Gasteiger partial charge in [-0.3, -0.25) is 0 Å². The molecular formula is C14H17NO3. The van der Waals surface area contributed by atoms with Crippen molar-refractivity contribution in [2.75, 3.05) is 6.61 Å². The summed E-state index contributed by atoms with van der Waals surface area (Å²) in [5, 5.41) is 3.69. The number of benzene rings is 1. The maximum atomic E-state index is 11.4. The predicted molar refractivity (Wildman–Crippen MR) is 69.2 cm³/mol.